The maximum atomic E-state index is 13.1. The molecule has 1 atom stereocenters. The van der Waals surface area contributed by atoms with Gasteiger partial charge in [-0.15, -0.1) is 4.31 Å². The van der Waals surface area contributed by atoms with Crippen molar-refractivity contribution in [1.29, 1.82) is 0 Å². The zero-order valence-electron chi connectivity index (χ0n) is 19.1. The van der Waals surface area contributed by atoms with E-state index in [4.69, 9.17) is 0 Å². The molecule has 1 saturated heterocycles. The molecule has 1 aromatic rings. The number of carbonyl (C=O) groups excluding carboxylic acids is 1. The average Bonchev–Trinajstić information content (AvgIpc) is 3.47. The minimum absolute atomic E-state index is 0.0549. The third-order valence-corrected chi connectivity index (χ3v) is 11.5. The van der Waals surface area contributed by atoms with Crippen LogP contribution in [-0.2, 0) is 32.4 Å². The van der Waals surface area contributed by atoms with E-state index in [9.17, 15) is 13.6 Å². The number of rotatable bonds is 4. The van der Waals surface area contributed by atoms with Crippen molar-refractivity contribution in [1.82, 2.24) is 8.87 Å². The van der Waals surface area contributed by atoms with Gasteiger partial charge in [-0.1, -0.05) is 21.1 Å². The van der Waals surface area contributed by atoms with Crippen LogP contribution < -0.4 is 4.80 Å². The Balaban J connectivity index is 1.32. The molecule has 3 aliphatic carbocycles. The summed E-state index contributed by atoms with van der Waals surface area (Å²) in [6.45, 7) is 4.29. The maximum Gasteiger partial charge on any atom is 0.251 e. The second-order valence-corrected chi connectivity index (χ2v) is 13.0. The first-order chi connectivity index (χ1) is 15.5. The van der Waals surface area contributed by atoms with Gasteiger partial charge in [0.15, 0.2) is 4.80 Å². The second kappa shape index (κ2) is 9.28. The van der Waals surface area contributed by atoms with Crippen LogP contribution >= 0.6 is 11.3 Å². The van der Waals surface area contributed by atoms with E-state index in [0.717, 1.165) is 43.5 Å². The molecule has 2 heterocycles. The van der Waals surface area contributed by atoms with Gasteiger partial charge in [0.2, 0.25) is 0 Å². The van der Waals surface area contributed by atoms with Gasteiger partial charge in [0.05, 0.1) is 4.88 Å². The second-order valence-electron chi connectivity index (χ2n) is 9.77. The lowest BCUT2D eigenvalue weighted by atomic mass is 9.83. The molecule has 6 nitrogen and oxygen atoms in total. The number of nitrogens with zero attached hydrogens (tertiary/aromatic N) is 3. The summed E-state index contributed by atoms with van der Waals surface area (Å²) in [5.74, 6) is -0.199. The van der Waals surface area contributed by atoms with Crippen LogP contribution in [0.2, 0.25) is 0 Å². The molecule has 0 radical (unpaired) electrons. The van der Waals surface area contributed by atoms with Gasteiger partial charge in [-0.05, 0) is 89.5 Å². The Morgan fingerprint density at radius 2 is 1.78 bits per heavy atom. The number of hydrogen-bond donors (Lipinski definition) is 0. The van der Waals surface area contributed by atoms with Gasteiger partial charge in [-0.2, -0.15) is 4.99 Å². The summed E-state index contributed by atoms with van der Waals surface area (Å²) in [6.07, 6.45) is 11.5. The van der Waals surface area contributed by atoms with Crippen molar-refractivity contribution in [3.05, 3.63) is 20.9 Å². The fourth-order valence-electron chi connectivity index (χ4n) is 6.07. The molecule has 1 saturated carbocycles. The molecule has 0 spiro atoms. The molecule has 2 fully saturated rings. The lowest BCUT2D eigenvalue weighted by molar-refractivity contribution is -0.122. The number of carbonyl (C=O) groups is 1. The summed E-state index contributed by atoms with van der Waals surface area (Å²) in [7, 11) is -3.21. The molecule has 176 valence electrons. The molecular weight excluding hydrogens is 442 g/mol. The molecule has 1 aromatic heterocycles. The molecule has 1 amide bonds. The van der Waals surface area contributed by atoms with E-state index in [-0.39, 0.29) is 17.1 Å². The molecule has 5 rings (SSSR count). The Bertz CT molecular complexity index is 1020. The summed E-state index contributed by atoms with van der Waals surface area (Å²) >= 11 is 1.70. The maximum absolute atomic E-state index is 13.1. The lowest BCUT2D eigenvalue weighted by Crippen LogP contribution is -2.44. The van der Waals surface area contributed by atoms with Crippen molar-refractivity contribution in [2.45, 2.75) is 95.8 Å². The van der Waals surface area contributed by atoms with Crippen molar-refractivity contribution < 1.29 is 13.6 Å². The van der Waals surface area contributed by atoms with E-state index >= 15 is 0 Å². The zero-order valence-corrected chi connectivity index (χ0v) is 20.8. The molecular formula is C24H35N3O3S2. The molecule has 1 unspecified atom stereocenters. The Morgan fingerprint density at radius 1 is 1.06 bits per heavy atom. The minimum Gasteiger partial charge on any atom is -0.597 e. The molecule has 4 aliphatic rings. The Labute approximate surface area is 196 Å². The van der Waals surface area contributed by atoms with Crippen LogP contribution in [0.15, 0.2) is 10.6 Å². The molecule has 1 aliphatic heterocycles. The number of fused-ring (bicyclic) bond motifs is 2. The summed E-state index contributed by atoms with van der Waals surface area (Å²) in [5.41, 5.74) is 4.53. The van der Waals surface area contributed by atoms with Crippen LogP contribution in [-0.4, -0.2) is 37.7 Å². The van der Waals surface area contributed by atoms with Gasteiger partial charge in [-0.3, -0.25) is 4.79 Å². The summed E-state index contributed by atoms with van der Waals surface area (Å²) in [4.78, 5) is 19.9. The topological polar surface area (TPSA) is 77.7 Å². The van der Waals surface area contributed by atoms with Crippen LogP contribution in [0.1, 0.15) is 88.1 Å². The average molecular weight is 478 g/mol. The third-order valence-electron chi connectivity index (χ3n) is 7.92. The number of thiazole rings is 1. The van der Waals surface area contributed by atoms with Crippen molar-refractivity contribution in [2.24, 2.45) is 10.9 Å². The first-order valence-corrected chi connectivity index (χ1v) is 14.8. The number of allylic oxidation sites excluding steroid dienone is 2. The number of sulfonamides is 1. The van der Waals surface area contributed by atoms with Crippen LogP contribution in [0.25, 0.3) is 5.57 Å². The largest absolute Gasteiger partial charge is 0.597 e. The van der Waals surface area contributed by atoms with Crippen LogP contribution in [0.5, 0.6) is 0 Å². The monoisotopic (exact) mass is 477 g/mol. The quantitative estimate of drug-likeness (QED) is 0.600. The van der Waals surface area contributed by atoms with Crippen molar-refractivity contribution in [2.75, 3.05) is 13.1 Å². The fraction of sp³-hybridized carbons (Fsp3) is 0.750. The van der Waals surface area contributed by atoms with Gasteiger partial charge >= 0.3 is 0 Å². The highest BCUT2D eigenvalue weighted by Crippen LogP contribution is 2.41. The SMILES string of the molecule is CCn1c2c(sc1=NC(=O)C1CCC([S+](=O)([O-])N3CCCC3)CC1)C1=C(CCCC1)CC2. The van der Waals surface area contributed by atoms with Gasteiger partial charge in [0.25, 0.3) is 5.91 Å². The summed E-state index contributed by atoms with van der Waals surface area (Å²) in [6, 6.07) is 0. The highest BCUT2D eigenvalue weighted by atomic mass is 32.3. The first-order valence-electron chi connectivity index (χ1n) is 12.5. The molecule has 8 heteroatoms. The highest BCUT2D eigenvalue weighted by Gasteiger charge is 2.41. The number of aromatic nitrogens is 1. The molecule has 32 heavy (non-hydrogen) atoms. The minimum atomic E-state index is -3.21. The first kappa shape index (κ1) is 22.7. The third kappa shape index (κ3) is 4.12. The normalized spacial score (nSPS) is 29.0. The summed E-state index contributed by atoms with van der Waals surface area (Å²) in [5, 5.41) is -0.323. The van der Waals surface area contributed by atoms with E-state index in [1.807, 2.05) is 0 Å². The van der Waals surface area contributed by atoms with Gasteiger partial charge in [0, 0.05) is 31.2 Å². The molecule has 0 N–H and O–H groups in total. The van der Waals surface area contributed by atoms with Gasteiger partial charge < -0.3 is 9.12 Å². The van der Waals surface area contributed by atoms with Gasteiger partial charge in [0.1, 0.15) is 15.6 Å². The number of amides is 1. The van der Waals surface area contributed by atoms with Crippen LogP contribution in [0, 0.1) is 5.92 Å². The van der Waals surface area contributed by atoms with E-state index in [2.05, 4.69) is 16.5 Å². The van der Waals surface area contributed by atoms with Crippen LogP contribution in [0.4, 0.5) is 0 Å². The zero-order chi connectivity index (χ0) is 22.3. The highest BCUT2D eigenvalue weighted by molar-refractivity contribution is 7.96. The van der Waals surface area contributed by atoms with Crippen molar-refractivity contribution in [3.8, 4) is 0 Å². The molecule has 0 bridgehead atoms. The smallest absolute Gasteiger partial charge is 0.251 e. The van der Waals surface area contributed by atoms with E-state index < -0.39 is 10.4 Å². The van der Waals surface area contributed by atoms with Gasteiger partial charge in [-0.25, -0.2) is 0 Å². The van der Waals surface area contributed by atoms with E-state index in [1.54, 1.807) is 21.2 Å². The standard InChI is InChI=1S/C24H35N3O3S2/c1-2-27-21-14-11-17-7-3-4-8-20(17)22(21)31-24(27)25-23(28)18-9-12-19(13-10-18)32(29,30)26-15-5-6-16-26/h18-19H,2-16H2,1H3. The predicted molar refractivity (Wildman–Crippen MR) is 128 cm³/mol. The fourth-order valence-corrected chi connectivity index (χ4v) is 9.49. The summed E-state index contributed by atoms with van der Waals surface area (Å²) < 4.78 is 29.7. The van der Waals surface area contributed by atoms with Crippen LogP contribution in [0.3, 0.4) is 0 Å². The molecule has 0 aromatic carbocycles. The predicted octanol–water partition coefficient (Wildman–Crippen LogP) is 4.47. The van der Waals surface area contributed by atoms with Crippen molar-refractivity contribution in [3.63, 3.8) is 0 Å². The number of hydrogen-bond acceptors (Lipinski definition) is 4. The Kier molecular flexibility index (Phi) is 6.58. The van der Waals surface area contributed by atoms with E-state index in [1.165, 1.54) is 35.4 Å². The Hall–Kier alpha value is -1.09. The van der Waals surface area contributed by atoms with E-state index in [0.29, 0.717) is 38.8 Å². The Morgan fingerprint density at radius 3 is 2.50 bits per heavy atom. The lowest BCUT2D eigenvalue weighted by Gasteiger charge is -2.34. The van der Waals surface area contributed by atoms with Crippen molar-refractivity contribution >= 4 is 33.2 Å².